The maximum atomic E-state index is 9.11. The number of halogens is 1. The number of benzene rings is 2. The third kappa shape index (κ3) is 2.26. The van der Waals surface area contributed by atoms with Gasteiger partial charge in [-0.1, -0.05) is 23.7 Å². The minimum absolute atomic E-state index is 0.286. The Morgan fingerprint density at radius 1 is 1.04 bits per heavy atom. The predicted molar refractivity (Wildman–Crippen MR) is 88.4 cm³/mol. The zero-order valence-corrected chi connectivity index (χ0v) is 12.6. The van der Waals surface area contributed by atoms with Crippen molar-refractivity contribution in [3.8, 4) is 23.0 Å². The second-order valence-electron chi connectivity index (χ2n) is 5.07. The molecule has 0 fully saturated rings. The van der Waals surface area contributed by atoms with Crippen LogP contribution in [-0.2, 0) is 0 Å². The molecule has 0 aliphatic carbocycles. The Morgan fingerprint density at radius 2 is 1.87 bits per heavy atom. The second kappa shape index (κ2) is 5.27. The lowest BCUT2D eigenvalue weighted by molar-refractivity contribution is 0.937. The molecule has 2 aromatic carbocycles. The standard InChI is InChI=1S/C17H10ClN5/c18-13-3-5-14(6-4-13)23-8-7-11-1-2-12(9-16(11)23)17-15(10-19)20-22-21-17/h1-9H,(H,20,21,22). The van der Waals surface area contributed by atoms with Crippen LogP contribution < -0.4 is 0 Å². The Labute approximate surface area is 136 Å². The number of aromatic nitrogens is 4. The van der Waals surface area contributed by atoms with Crippen LogP contribution in [0.5, 0.6) is 0 Å². The first-order valence-corrected chi connectivity index (χ1v) is 7.32. The molecule has 6 heteroatoms. The molecule has 1 N–H and O–H groups in total. The summed E-state index contributed by atoms with van der Waals surface area (Å²) in [5.41, 5.74) is 3.72. The van der Waals surface area contributed by atoms with Crippen molar-refractivity contribution in [2.75, 3.05) is 0 Å². The maximum Gasteiger partial charge on any atom is 0.190 e. The average molecular weight is 320 g/mol. The highest BCUT2D eigenvalue weighted by molar-refractivity contribution is 6.30. The van der Waals surface area contributed by atoms with Crippen molar-refractivity contribution >= 4 is 22.5 Å². The molecule has 4 rings (SSSR count). The topological polar surface area (TPSA) is 70.3 Å². The van der Waals surface area contributed by atoms with Crippen LogP contribution in [0.3, 0.4) is 0 Å². The van der Waals surface area contributed by atoms with E-state index in [-0.39, 0.29) is 5.69 Å². The van der Waals surface area contributed by atoms with Gasteiger partial charge < -0.3 is 4.57 Å². The fourth-order valence-corrected chi connectivity index (χ4v) is 2.74. The summed E-state index contributed by atoms with van der Waals surface area (Å²) >= 11 is 5.96. The summed E-state index contributed by atoms with van der Waals surface area (Å²) < 4.78 is 2.07. The number of H-pyrrole nitrogens is 1. The van der Waals surface area contributed by atoms with Gasteiger partial charge in [-0.05, 0) is 41.8 Å². The Bertz CT molecular complexity index is 1040. The van der Waals surface area contributed by atoms with E-state index in [9.17, 15) is 0 Å². The Hall–Kier alpha value is -3.10. The summed E-state index contributed by atoms with van der Waals surface area (Å²) in [4.78, 5) is 0. The van der Waals surface area contributed by atoms with Crippen molar-refractivity contribution in [3.05, 3.63) is 65.4 Å². The van der Waals surface area contributed by atoms with Crippen LogP contribution in [0.15, 0.2) is 54.7 Å². The molecular weight excluding hydrogens is 310 g/mol. The molecule has 0 bridgehead atoms. The fourth-order valence-electron chi connectivity index (χ4n) is 2.61. The van der Waals surface area contributed by atoms with E-state index < -0.39 is 0 Å². The number of hydrogen-bond acceptors (Lipinski definition) is 3. The molecule has 2 aromatic heterocycles. The van der Waals surface area contributed by atoms with E-state index >= 15 is 0 Å². The van der Waals surface area contributed by atoms with E-state index in [1.54, 1.807) is 0 Å². The van der Waals surface area contributed by atoms with Gasteiger partial charge in [0.1, 0.15) is 11.8 Å². The van der Waals surface area contributed by atoms with Crippen LogP contribution in [0.1, 0.15) is 5.69 Å². The van der Waals surface area contributed by atoms with Gasteiger partial charge in [-0.3, -0.25) is 0 Å². The largest absolute Gasteiger partial charge is 0.317 e. The molecule has 0 saturated heterocycles. The molecule has 110 valence electrons. The second-order valence-corrected chi connectivity index (χ2v) is 5.50. The minimum atomic E-state index is 0.286. The molecular formula is C17H10ClN5. The summed E-state index contributed by atoms with van der Waals surface area (Å²) in [6, 6.07) is 17.7. The molecule has 0 radical (unpaired) electrons. The summed E-state index contributed by atoms with van der Waals surface area (Å²) in [7, 11) is 0. The van der Waals surface area contributed by atoms with E-state index in [0.717, 1.165) is 22.2 Å². The van der Waals surface area contributed by atoms with Gasteiger partial charge in [0.15, 0.2) is 5.69 Å². The molecule has 5 nitrogen and oxygen atoms in total. The highest BCUT2D eigenvalue weighted by Gasteiger charge is 2.12. The highest BCUT2D eigenvalue weighted by Crippen LogP contribution is 2.27. The molecule has 0 unspecified atom stereocenters. The molecule has 0 saturated carbocycles. The van der Waals surface area contributed by atoms with Gasteiger partial charge in [0.05, 0.1) is 5.52 Å². The summed E-state index contributed by atoms with van der Waals surface area (Å²) in [6.45, 7) is 0. The first-order valence-electron chi connectivity index (χ1n) is 6.94. The summed E-state index contributed by atoms with van der Waals surface area (Å²) in [5, 5.41) is 21.3. The maximum absolute atomic E-state index is 9.11. The molecule has 23 heavy (non-hydrogen) atoms. The lowest BCUT2D eigenvalue weighted by Gasteiger charge is -2.06. The van der Waals surface area contributed by atoms with Gasteiger partial charge in [-0.25, -0.2) is 0 Å². The molecule has 0 atom stereocenters. The first kappa shape index (κ1) is 13.6. The molecule has 0 aliphatic heterocycles. The van der Waals surface area contributed by atoms with Crippen molar-refractivity contribution in [2.24, 2.45) is 0 Å². The molecule has 0 spiro atoms. The normalized spacial score (nSPS) is 10.8. The van der Waals surface area contributed by atoms with E-state index in [1.807, 2.05) is 60.8 Å². The average Bonchev–Trinajstić information content (AvgIpc) is 3.21. The van der Waals surface area contributed by atoms with Crippen LogP contribution in [-0.4, -0.2) is 20.0 Å². The number of aromatic amines is 1. The van der Waals surface area contributed by atoms with E-state index in [0.29, 0.717) is 10.7 Å². The number of nitrogens with one attached hydrogen (secondary N) is 1. The van der Waals surface area contributed by atoms with Gasteiger partial charge in [-0.2, -0.15) is 15.6 Å². The molecule has 0 amide bonds. The van der Waals surface area contributed by atoms with Gasteiger partial charge in [0, 0.05) is 22.5 Å². The summed E-state index contributed by atoms with van der Waals surface area (Å²) in [6.07, 6.45) is 2.01. The number of nitriles is 1. The lowest BCUT2D eigenvalue weighted by Crippen LogP contribution is -1.92. The Balaban J connectivity index is 1.90. The van der Waals surface area contributed by atoms with Gasteiger partial charge in [0.25, 0.3) is 0 Å². The first-order chi connectivity index (χ1) is 11.3. The van der Waals surface area contributed by atoms with Gasteiger partial charge in [0.2, 0.25) is 0 Å². The van der Waals surface area contributed by atoms with Crippen molar-refractivity contribution in [2.45, 2.75) is 0 Å². The fraction of sp³-hybridized carbons (Fsp3) is 0. The quantitative estimate of drug-likeness (QED) is 0.608. The van der Waals surface area contributed by atoms with Gasteiger partial charge in [-0.15, -0.1) is 5.10 Å². The van der Waals surface area contributed by atoms with Crippen molar-refractivity contribution in [3.63, 3.8) is 0 Å². The third-order valence-electron chi connectivity index (χ3n) is 3.73. The van der Waals surface area contributed by atoms with Crippen LogP contribution in [0.4, 0.5) is 0 Å². The number of fused-ring (bicyclic) bond motifs is 1. The van der Waals surface area contributed by atoms with E-state index in [2.05, 4.69) is 20.0 Å². The highest BCUT2D eigenvalue weighted by atomic mass is 35.5. The van der Waals surface area contributed by atoms with Crippen molar-refractivity contribution < 1.29 is 0 Å². The van der Waals surface area contributed by atoms with Crippen LogP contribution in [0.2, 0.25) is 5.02 Å². The predicted octanol–water partition coefficient (Wildman–Crippen LogP) is 3.94. The molecule has 4 aromatic rings. The molecule has 2 heterocycles. The van der Waals surface area contributed by atoms with Crippen LogP contribution >= 0.6 is 11.6 Å². The lowest BCUT2D eigenvalue weighted by atomic mass is 10.1. The van der Waals surface area contributed by atoms with E-state index in [1.165, 1.54) is 0 Å². The smallest absolute Gasteiger partial charge is 0.190 e. The number of hydrogen-bond donors (Lipinski definition) is 1. The van der Waals surface area contributed by atoms with Crippen molar-refractivity contribution in [1.82, 2.24) is 20.0 Å². The molecule has 0 aliphatic rings. The van der Waals surface area contributed by atoms with Crippen LogP contribution in [0.25, 0.3) is 27.8 Å². The third-order valence-corrected chi connectivity index (χ3v) is 3.98. The number of rotatable bonds is 2. The number of nitrogens with zero attached hydrogens (tertiary/aromatic N) is 4. The SMILES string of the molecule is N#Cc1n[nH]nc1-c1ccc2ccn(-c3ccc(Cl)cc3)c2c1. The monoisotopic (exact) mass is 319 g/mol. The summed E-state index contributed by atoms with van der Waals surface area (Å²) in [5.74, 6) is 0. The van der Waals surface area contributed by atoms with E-state index in [4.69, 9.17) is 16.9 Å². The Kier molecular flexibility index (Phi) is 3.11. The van der Waals surface area contributed by atoms with Crippen molar-refractivity contribution in [1.29, 1.82) is 5.26 Å². The van der Waals surface area contributed by atoms with Crippen LogP contribution in [0, 0.1) is 11.3 Å². The zero-order valence-electron chi connectivity index (χ0n) is 11.9. The minimum Gasteiger partial charge on any atom is -0.317 e. The Morgan fingerprint density at radius 3 is 2.65 bits per heavy atom. The van der Waals surface area contributed by atoms with Gasteiger partial charge >= 0.3 is 0 Å². The zero-order chi connectivity index (χ0) is 15.8.